The van der Waals surface area contributed by atoms with Crippen LogP contribution in [0.4, 0.5) is 5.69 Å². The molecule has 2 atom stereocenters. The number of rotatable bonds is 10. The molecule has 0 unspecified atom stereocenters. The van der Waals surface area contributed by atoms with Crippen molar-refractivity contribution in [2.45, 2.75) is 66.6 Å². The normalized spacial score (nSPS) is 13.1. The zero-order valence-corrected chi connectivity index (χ0v) is 22.1. The number of benzene rings is 2. The summed E-state index contributed by atoms with van der Waals surface area (Å²) in [5.74, 6) is -0.713. The van der Waals surface area contributed by atoms with E-state index in [-0.39, 0.29) is 18.5 Å². The number of carbonyl (C=O) groups is 2. The molecule has 2 aromatic carbocycles. The molecule has 0 saturated heterocycles. The van der Waals surface area contributed by atoms with E-state index in [1.54, 1.807) is 6.92 Å². The summed E-state index contributed by atoms with van der Waals surface area (Å²) in [6, 6.07) is 12.4. The lowest BCUT2D eigenvalue weighted by molar-refractivity contribution is -0.139. The van der Waals surface area contributed by atoms with Gasteiger partial charge in [-0.05, 0) is 57.7 Å². The standard InChI is InChI=1S/C26H37N3O4S/c1-8-21(5)27-26(31)22(6)28(16-23-14-9-11-18(2)15-23)24(30)17-29(34(7,32)33)25-19(3)12-10-13-20(25)4/h9-15,21-22H,8,16-17H2,1-7H3,(H,27,31)/t21-,22+/m1/s1. The molecule has 0 aromatic heterocycles. The number of carbonyl (C=O) groups excluding carboxylic acids is 2. The Hall–Kier alpha value is -2.87. The van der Waals surface area contributed by atoms with Gasteiger partial charge in [0.15, 0.2) is 0 Å². The van der Waals surface area contributed by atoms with Gasteiger partial charge < -0.3 is 10.2 Å². The molecule has 2 aromatic rings. The van der Waals surface area contributed by atoms with E-state index in [0.717, 1.165) is 39.2 Å². The first kappa shape index (κ1) is 27.4. The lowest BCUT2D eigenvalue weighted by atomic mass is 10.1. The van der Waals surface area contributed by atoms with Gasteiger partial charge in [0.05, 0.1) is 11.9 Å². The van der Waals surface area contributed by atoms with Crippen molar-refractivity contribution in [3.05, 3.63) is 64.7 Å². The number of nitrogens with one attached hydrogen (secondary N) is 1. The van der Waals surface area contributed by atoms with Gasteiger partial charge in [0.1, 0.15) is 12.6 Å². The minimum Gasteiger partial charge on any atom is -0.352 e. The third-order valence-electron chi connectivity index (χ3n) is 5.97. The summed E-state index contributed by atoms with van der Waals surface area (Å²) in [7, 11) is -3.75. The van der Waals surface area contributed by atoms with Crippen LogP contribution in [-0.4, -0.2) is 50.0 Å². The summed E-state index contributed by atoms with van der Waals surface area (Å²) in [5, 5.41) is 2.93. The summed E-state index contributed by atoms with van der Waals surface area (Å²) >= 11 is 0. The van der Waals surface area contributed by atoms with E-state index < -0.39 is 28.5 Å². The first-order valence-electron chi connectivity index (χ1n) is 11.5. The molecule has 0 aliphatic heterocycles. The molecule has 0 radical (unpaired) electrons. The van der Waals surface area contributed by atoms with Crippen LogP contribution >= 0.6 is 0 Å². The van der Waals surface area contributed by atoms with Crippen LogP contribution in [0, 0.1) is 20.8 Å². The molecule has 0 fully saturated rings. The summed E-state index contributed by atoms with van der Waals surface area (Å²) < 4.78 is 26.7. The van der Waals surface area contributed by atoms with Crippen molar-refractivity contribution in [2.24, 2.45) is 0 Å². The van der Waals surface area contributed by atoms with E-state index >= 15 is 0 Å². The van der Waals surface area contributed by atoms with Crippen molar-refractivity contribution in [1.29, 1.82) is 0 Å². The molecule has 0 aliphatic rings. The summed E-state index contributed by atoms with van der Waals surface area (Å²) in [6.45, 7) is 11.0. The molecule has 1 N–H and O–H groups in total. The Kier molecular flexibility index (Phi) is 9.27. The van der Waals surface area contributed by atoms with Crippen LogP contribution in [0.3, 0.4) is 0 Å². The maximum atomic E-state index is 13.6. The van der Waals surface area contributed by atoms with E-state index in [4.69, 9.17) is 0 Å². The fourth-order valence-electron chi connectivity index (χ4n) is 3.83. The van der Waals surface area contributed by atoms with Gasteiger partial charge in [-0.1, -0.05) is 55.0 Å². The first-order valence-corrected chi connectivity index (χ1v) is 13.4. The van der Waals surface area contributed by atoms with Crippen LogP contribution in [-0.2, 0) is 26.2 Å². The average Bonchev–Trinajstić information content (AvgIpc) is 2.75. The molecule has 0 saturated carbocycles. The van der Waals surface area contributed by atoms with E-state index in [1.807, 2.05) is 77.1 Å². The van der Waals surface area contributed by atoms with Crippen molar-refractivity contribution in [3.8, 4) is 0 Å². The number of para-hydroxylation sites is 1. The van der Waals surface area contributed by atoms with Crippen molar-refractivity contribution >= 4 is 27.5 Å². The Morgan fingerprint density at radius 1 is 1.00 bits per heavy atom. The lowest BCUT2D eigenvalue weighted by Gasteiger charge is -2.33. The van der Waals surface area contributed by atoms with E-state index in [2.05, 4.69) is 5.32 Å². The SMILES string of the molecule is CC[C@@H](C)NC(=O)[C@H](C)N(Cc1cccc(C)c1)C(=O)CN(c1c(C)cccc1C)S(C)(=O)=O. The fourth-order valence-corrected chi connectivity index (χ4v) is 4.79. The second kappa shape index (κ2) is 11.5. The molecule has 0 spiro atoms. The van der Waals surface area contributed by atoms with Crippen molar-refractivity contribution in [2.75, 3.05) is 17.1 Å². The largest absolute Gasteiger partial charge is 0.352 e. The van der Waals surface area contributed by atoms with Crippen LogP contribution in [0.2, 0.25) is 0 Å². The number of hydrogen-bond acceptors (Lipinski definition) is 4. The number of hydrogen-bond donors (Lipinski definition) is 1. The fraction of sp³-hybridized carbons (Fsp3) is 0.462. The Balaban J connectivity index is 2.45. The Bertz CT molecular complexity index is 1110. The molecule has 0 aliphatic carbocycles. The smallest absolute Gasteiger partial charge is 0.244 e. The van der Waals surface area contributed by atoms with Gasteiger partial charge in [-0.3, -0.25) is 13.9 Å². The van der Waals surface area contributed by atoms with E-state index in [1.165, 1.54) is 4.90 Å². The van der Waals surface area contributed by atoms with Gasteiger partial charge in [0.25, 0.3) is 0 Å². The van der Waals surface area contributed by atoms with Crippen molar-refractivity contribution in [1.82, 2.24) is 10.2 Å². The second-order valence-corrected chi connectivity index (χ2v) is 10.9. The Morgan fingerprint density at radius 3 is 2.12 bits per heavy atom. The predicted octanol–water partition coefficient (Wildman–Crippen LogP) is 3.71. The quantitative estimate of drug-likeness (QED) is 0.554. The molecule has 0 bridgehead atoms. The van der Waals surface area contributed by atoms with Crippen LogP contribution in [0.5, 0.6) is 0 Å². The van der Waals surface area contributed by atoms with Crippen LogP contribution in [0.1, 0.15) is 49.4 Å². The van der Waals surface area contributed by atoms with Crippen molar-refractivity contribution in [3.63, 3.8) is 0 Å². The highest BCUT2D eigenvalue weighted by atomic mass is 32.2. The van der Waals surface area contributed by atoms with Crippen LogP contribution in [0.25, 0.3) is 0 Å². The third kappa shape index (κ3) is 7.06. The number of aryl methyl sites for hydroxylation is 3. The highest BCUT2D eigenvalue weighted by Gasteiger charge is 2.31. The zero-order chi connectivity index (χ0) is 25.6. The highest BCUT2D eigenvalue weighted by molar-refractivity contribution is 7.92. The molecule has 186 valence electrons. The first-order chi connectivity index (χ1) is 15.8. The lowest BCUT2D eigenvalue weighted by Crippen LogP contribution is -2.52. The van der Waals surface area contributed by atoms with Gasteiger partial charge in [0, 0.05) is 12.6 Å². The molecule has 34 heavy (non-hydrogen) atoms. The molecular weight excluding hydrogens is 450 g/mol. The molecule has 2 amide bonds. The Morgan fingerprint density at radius 2 is 1.59 bits per heavy atom. The molecule has 8 heteroatoms. The molecule has 0 heterocycles. The molecular formula is C26H37N3O4S. The van der Waals surface area contributed by atoms with Gasteiger partial charge in [-0.25, -0.2) is 8.42 Å². The Labute approximate surface area is 204 Å². The number of anilines is 1. The van der Waals surface area contributed by atoms with Crippen LogP contribution in [0.15, 0.2) is 42.5 Å². The van der Waals surface area contributed by atoms with E-state index in [0.29, 0.717) is 5.69 Å². The predicted molar refractivity (Wildman–Crippen MR) is 137 cm³/mol. The maximum Gasteiger partial charge on any atom is 0.244 e. The van der Waals surface area contributed by atoms with Gasteiger partial charge >= 0.3 is 0 Å². The monoisotopic (exact) mass is 487 g/mol. The summed E-state index contributed by atoms with van der Waals surface area (Å²) in [5.41, 5.74) is 3.91. The highest BCUT2D eigenvalue weighted by Crippen LogP contribution is 2.27. The summed E-state index contributed by atoms with van der Waals surface area (Å²) in [6.07, 6.45) is 1.86. The zero-order valence-electron chi connectivity index (χ0n) is 21.3. The molecule has 2 rings (SSSR count). The number of sulfonamides is 1. The van der Waals surface area contributed by atoms with Gasteiger partial charge in [-0.2, -0.15) is 0 Å². The van der Waals surface area contributed by atoms with Crippen LogP contribution < -0.4 is 9.62 Å². The average molecular weight is 488 g/mol. The minimum atomic E-state index is -3.75. The minimum absolute atomic E-state index is 0.0343. The second-order valence-electron chi connectivity index (χ2n) is 9.01. The number of amides is 2. The van der Waals surface area contributed by atoms with Gasteiger partial charge in [0.2, 0.25) is 21.8 Å². The third-order valence-corrected chi connectivity index (χ3v) is 7.08. The topological polar surface area (TPSA) is 86.8 Å². The maximum absolute atomic E-state index is 13.6. The van der Waals surface area contributed by atoms with E-state index in [9.17, 15) is 18.0 Å². The van der Waals surface area contributed by atoms with Gasteiger partial charge in [-0.15, -0.1) is 0 Å². The molecule has 7 nitrogen and oxygen atoms in total. The van der Waals surface area contributed by atoms with Crippen molar-refractivity contribution < 1.29 is 18.0 Å². The summed E-state index contributed by atoms with van der Waals surface area (Å²) in [4.78, 5) is 28.0. The number of nitrogens with zero attached hydrogens (tertiary/aromatic N) is 2.